The van der Waals surface area contributed by atoms with E-state index in [-0.39, 0.29) is 0 Å². The topological polar surface area (TPSA) is 62.1 Å². The third kappa shape index (κ3) is 2.94. The van der Waals surface area contributed by atoms with Crippen LogP contribution in [0, 0.1) is 13.8 Å². The molecule has 0 saturated carbocycles. The molecule has 132 valence electrons. The highest BCUT2D eigenvalue weighted by Crippen LogP contribution is 2.24. The lowest BCUT2D eigenvalue weighted by Gasteiger charge is -2.21. The van der Waals surface area contributed by atoms with Crippen molar-refractivity contribution < 1.29 is 0 Å². The number of nitrogens with zero attached hydrogens (tertiary/aromatic N) is 5. The lowest BCUT2D eigenvalue weighted by Crippen LogP contribution is -2.23. The largest absolute Gasteiger partial charge is 0.359 e. The SMILES string of the molecule is Cc1n[nH]c(C)c1CCN(C)c1cc(-c2ccccc2)nc2ccnn12. The van der Waals surface area contributed by atoms with Crippen LogP contribution in [0.4, 0.5) is 5.82 Å². The molecule has 0 fully saturated rings. The van der Waals surface area contributed by atoms with E-state index >= 15 is 0 Å². The Bertz CT molecular complexity index is 1010. The molecule has 3 heterocycles. The predicted octanol–water partition coefficient (Wildman–Crippen LogP) is 3.42. The predicted molar refractivity (Wildman–Crippen MR) is 103 cm³/mol. The molecule has 0 unspecified atom stereocenters. The van der Waals surface area contributed by atoms with Crippen molar-refractivity contribution in [2.75, 3.05) is 18.5 Å². The van der Waals surface area contributed by atoms with Crippen LogP contribution in [0.3, 0.4) is 0 Å². The van der Waals surface area contributed by atoms with Gasteiger partial charge in [-0.15, -0.1) is 0 Å². The summed E-state index contributed by atoms with van der Waals surface area (Å²) < 4.78 is 1.89. The van der Waals surface area contributed by atoms with Gasteiger partial charge in [0.2, 0.25) is 0 Å². The molecule has 0 atom stereocenters. The molecule has 4 rings (SSSR count). The minimum absolute atomic E-state index is 0.851. The molecule has 6 heteroatoms. The Morgan fingerprint density at radius 1 is 1.12 bits per heavy atom. The molecule has 0 aliphatic rings. The van der Waals surface area contributed by atoms with Crippen molar-refractivity contribution in [2.24, 2.45) is 0 Å². The Labute approximate surface area is 152 Å². The minimum atomic E-state index is 0.851. The summed E-state index contributed by atoms with van der Waals surface area (Å²) in [5.41, 5.74) is 6.40. The molecule has 26 heavy (non-hydrogen) atoms. The fraction of sp³-hybridized carbons (Fsp3) is 0.250. The van der Waals surface area contributed by atoms with Gasteiger partial charge in [0.1, 0.15) is 5.82 Å². The first-order valence-electron chi connectivity index (χ1n) is 8.75. The van der Waals surface area contributed by atoms with Gasteiger partial charge in [0.05, 0.1) is 17.6 Å². The van der Waals surface area contributed by atoms with Crippen LogP contribution in [0.15, 0.2) is 48.7 Å². The Balaban J connectivity index is 1.67. The van der Waals surface area contributed by atoms with Gasteiger partial charge in [0.15, 0.2) is 5.65 Å². The average Bonchev–Trinajstić information content (AvgIpc) is 3.26. The van der Waals surface area contributed by atoms with Crippen molar-refractivity contribution in [1.82, 2.24) is 24.8 Å². The quantitative estimate of drug-likeness (QED) is 0.601. The van der Waals surface area contributed by atoms with E-state index in [1.54, 1.807) is 6.20 Å². The van der Waals surface area contributed by atoms with Crippen molar-refractivity contribution in [3.05, 3.63) is 65.6 Å². The zero-order chi connectivity index (χ0) is 18.1. The van der Waals surface area contributed by atoms with E-state index in [4.69, 9.17) is 4.98 Å². The van der Waals surface area contributed by atoms with Gasteiger partial charge in [0, 0.05) is 37.0 Å². The van der Waals surface area contributed by atoms with Gasteiger partial charge < -0.3 is 4.90 Å². The summed E-state index contributed by atoms with van der Waals surface area (Å²) in [6.45, 7) is 4.99. The molecular formula is C20H22N6. The number of aromatic nitrogens is 5. The number of fused-ring (bicyclic) bond motifs is 1. The van der Waals surface area contributed by atoms with E-state index in [0.29, 0.717) is 0 Å². The Morgan fingerprint density at radius 3 is 2.65 bits per heavy atom. The first-order valence-corrected chi connectivity index (χ1v) is 8.75. The lowest BCUT2D eigenvalue weighted by molar-refractivity contribution is 0.811. The summed E-state index contributed by atoms with van der Waals surface area (Å²) in [5, 5.41) is 11.8. The van der Waals surface area contributed by atoms with Crippen LogP contribution in [0.5, 0.6) is 0 Å². The first-order chi connectivity index (χ1) is 12.6. The number of benzene rings is 1. The third-order valence-corrected chi connectivity index (χ3v) is 4.78. The summed E-state index contributed by atoms with van der Waals surface area (Å²) >= 11 is 0. The summed E-state index contributed by atoms with van der Waals surface area (Å²) in [6.07, 6.45) is 2.72. The van der Waals surface area contributed by atoms with Crippen LogP contribution in [0.2, 0.25) is 0 Å². The highest BCUT2D eigenvalue weighted by molar-refractivity contribution is 5.66. The molecule has 0 saturated heterocycles. The maximum absolute atomic E-state index is 4.75. The van der Waals surface area contributed by atoms with Crippen LogP contribution < -0.4 is 4.90 Å². The van der Waals surface area contributed by atoms with Gasteiger partial charge in [0.25, 0.3) is 0 Å². The van der Waals surface area contributed by atoms with Gasteiger partial charge >= 0.3 is 0 Å². The molecular weight excluding hydrogens is 324 g/mol. The number of hydrogen-bond donors (Lipinski definition) is 1. The molecule has 6 nitrogen and oxygen atoms in total. The summed E-state index contributed by atoms with van der Waals surface area (Å²) in [4.78, 5) is 6.97. The molecule has 0 bridgehead atoms. The van der Waals surface area contributed by atoms with Crippen LogP contribution in [0.1, 0.15) is 17.0 Å². The summed E-state index contributed by atoms with van der Waals surface area (Å²) in [7, 11) is 2.09. The monoisotopic (exact) mass is 346 g/mol. The summed E-state index contributed by atoms with van der Waals surface area (Å²) in [6, 6.07) is 14.3. The number of aromatic amines is 1. The molecule has 1 N–H and O–H groups in total. The lowest BCUT2D eigenvalue weighted by atomic mass is 10.1. The molecule has 4 aromatic rings. The maximum atomic E-state index is 4.75. The van der Waals surface area contributed by atoms with Crippen molar-refractivity contribution in [3.63, 3.8) is 0 Å². The number of rotatable bonds is 5. The number of nitrogens with one attached hydrogen (secondary N) is 1. The molecule has 0 spiro atoms. The van der Waals surface area contributed by atoms with Crippen molar-refractivity contribution in [1.29, 1.82) is 0 Å². The van der Waals surface area contributed by atoms with Crippen LogP contribution in [0.25, 0.3) is 16.9 Å². The number of anilines is 1. The molecule has 0 radical (unpaired) electrons. The second-order valence-corrected chi connectivity index (χ2v) is 6.55. The highest BCUT2D eigenvalue weighted by atomic mass is 15.3. The van der Waals surface area contributed by atoms with Crippen molar-refractivity contribution in [2.45, 2.75) is 20.3 Å². The van der Waals surface area contributed by atoms with E-state index in [2.05, 4.69) is 52.4 Å². The first kappa shape index (κ1) is 16.3. The van der Waals surface area contributed by atoms with Gasteiger partial charge in [-0.3, -0.25) is 5.10 Å². The van der Waals surface area contributed by atoms with E-state index in [9.17, 15) is 0 Å². The van der Waals surface area contributed by atoms with Gasteiger partial charge in [-0.25, -0.2) is 4.98 Å². The minimum Gasteiger partial charge on any atom is -0.359 e. The van der Waals surface area contributed by atoms with Crippen molar-refractivity contribution >= 4 is 11.5 Å². The molecule has 0 aliphatic carbocycles. The van der Waals surface area contributed by atoms with E-state index in [1.165, 1.54) is 5.56 Å². The van der Waals surface area contributed by atoms with Crippen LogP contribution >= 0.6 is 0 Å². The van der Waals surface area contributed by atoms with Gasteiger partial charge in [-0.05, 0) is 25.8 Å². The van der Waals surface area contributed by atoms with Gasteiger partial charge in [-0.2, -0.15) is 14.7 Å². The zero-order valence-electron chi connectivity index (χ0n) is 15.3. The normalized spacial score (nSPS) is 11.2. The fourth-order valence-corrected chi connectivity index (χ4v) is 3.26. The van der Waals surface area contributed by atoms with E-state index in [1.807, 2.05) is 35.7 Å². The smallest absolute Gasteiger partial charge is 0.157 e. The van der Waals surface area contributed by atoms with Gasteiger partial charge in [-0.1, -0.05) is 30.3 Å². The Morgan fingerprint density at radius 2 is 1.92 bits per heavy atom. The maximum Gasteiger partial charge on any atom is 0.157 e. The number of aryl methyl sites for hydroxylation is 2. The molecule has 1 aromatic carbocycles. The molecule has 3 aromatic heterocycles. The Kier molecular flexibility index (Phi) is 4.16. The van der Waals surface area contributed by atoms with Crippen LogP contribution in [-0.4, -0.2) is 38.4 Å². The number of hydrogen-bond acceptors (Lipinski definition) is 4. The summed E-state index contributed by atoms with van der Waals surface area (Å²) in [5.74, 6) is 1.03. The Hall–Kier alpha value is -3.15. The highest BCUT2D eigenvalue weighted by Gasteiger charge is 2.13. The average molecular weight is 346 g/mol. The zero-order valence-corrected chi connectivity index (χ0v) is 15.3. The third-order valence-electron chi connectivity index (χ3n) is 4.78. The van der Waals surface area contributed by atoms with E-state index in [0.717, 1.165) is 47.1 Å². The fourth-order valence-electron chi connectivity index (χ4n) is 3.26. The number of likely N-dealkylation sites (N-methyl/N-ethyl adjacent to an activating group) is 1. The molecule has 0 amide bonds. The van der Waals surface area contributed by atoms with E-state index < -0.39 is 0 Å². The van der Waals surface area contributed by atoms with Crippen LogP contribution in [-0.2, 0) is 6.42 Å². The standard InChI is InChI=1S/C20H22N6/c1-14-17(15(2)24-23-14)10-12-25(3)20-13-18(16-7-5-4-6-8-16)22-19-9-11-21-26(19)20/h4-9,11,13H,10,12H2,1-3H3,(H,23,24). The second kappa shape index (κ2) is 6.63. The second-order valence-electron chi connectivity index (χ2n) is 6.55. The number of H-pyrrole nitrogens is 1. The molecule has 0 aliphatic heterocycles. The van der Waals surface area contributed by atoms with Crippen molar-refractivity contribution in [3.8, 4) is 11.3 Å².